The molecule has 8 nitrogen and oxygen atoms in total. The quantitative estimate of drug-likeness (QED) is 0.707. The summed E-state index contributed by atoms with van der Waals surface area (Å²) in [6.07, 6.45) is 7.36. The van der Waals surface area contributed by atoms with Gasteiger partial charge in [-0.3, -0.25) is 9.59 Å². The highest BCUT2D eigenvalue weighted by molar-refractivity contribution is 5.78. The Labute approximate surface area is 143 Å². The molecule has 0 bridgehead atoms. The fourth-order valence-corrected chi connectivity index (χ4v) is 3.27. The highest BCUT2D eigenvalue weighted by Crippen LogP contribution is 2.21. The molecule has 3 aromatic rings. The van der Waals surface area contributed by atoms with Gasteiger partial charge in [0.2, 0.25) is 5.91 Å². The monoisotopic (exact) mass is 338 g/mol. The van der Waals surface area contributed by atoms with Gasteiger partial charge in [-0.15, -0.1) is 5.10 Å². The molecule has 1 atom stereocenters. The first-order valence-electron chi connectivity index (χ1n) is 8.30. The van der Waals surface area contributed by atoms with Crippen LogP contribution in [0.25, 0.3) is 10.9 Å². The van der Waals surface area contributed by atoms with Crippen molar-refractivity contribution in [3.05, 3.63) is 53.3 Å². The van der Waals surface area contributed by atoms with Crippen LogP contribution < -0.4 is 5.56 Å². The number of piperidine rings is 1. The molecular formula is C17H18N6O2. The maximum atomic E-state index is 12.6. The Morgan fingerprint density at radius 1 is 1.28 bits per heavy atom. The van der Waals surface area contributed by atoms with E-state index in [4.69, 9.17) is 0 Å². The Balaban J connectivity index is 1.52. The summed E-state index contributed by atoms with van der Waals surface area (Å²) >= 11 is 0. The lowest BCUT2D eigenvalue weighted by Gasteiger charge is -2.33. The maximum absolute atomic E-state index is 12.6. The average Bonchev–Trinajstić information content (AvgIpc) is 3.19. The molecule has 1 aliphatic rings. The number of imidazole rings is 1. The zero-order valence-corrected chi connectivity index (χ0v) is 13.7. The number of aromatic nitrogens is 5. The lowest BCUT2D eigenvalue weighted by molar-refractivity contribution is -0.133. The smallest absolute Gasteiger partial charge is 0.278 e. The van der Waals surface area contributed by atoms with Crippen LogP contribution >= 0.6 is 0 Å². The van der Waals surface area contributed by atoms with Gasteiger partial charge >= 0.3 is 0 Å². The highest BCUT2D eigenvalue weighted by atomic mass is 16.2. The van der Waals surface area contributed by atoms with E-state index in [-0.39, 0.29) is 24.1 Å². The maximum Gasteiger partial charge on any atom is 0.278 e. The molecule has 0 saturated carbocycles. The van der Waals surface area contributed by atoms with Gasteiger partial charge in [-0.1, -0.05) is 17.3 Å². The van der Waals surface area contributed by atoms with Crippen molar-refractivity contribution >= 4 is 16.8 Å². The van der Waals surface area contributed by atoms with Crippen LogP contribution in [0.15, 0.2) is 47.8 Å². The predicted octanol–water partition coefficient (Wildman–Crippen LogP) is 0.852. The molecule has 0 radical (unpaired) electrons. The second-order valence-corrected chi connectivity index (χ2v) is 6.22. The van der Waals surface area contributed by atoms with E-state index in [1.165, 1.54) is 0 Å². The summed E-state index contributed by atoms with van der Waals surface area (Å²) in [4.78, 5) is 31.0. The SMILES string of the molecule is O=C(Cn1nnc2ccccc2c1=O)N1CCC[C@H](n2ccnc2)C1. The minimum absolute atomic E-state index is 0.0900. The summed E-state index contributed by atoms with van der Waals surface area (Å²) in [5.74, 6) is -0.114. The molecule has 1 aromatic carbocycles. The lowest BCUT2D eigenvalue weighted by atomic mass is 10.1. The predicted molar refractivity (Wildman–Crippen MR) is 90.9 cm³/mol. The third kappa shape index (κ3) is 3.02. The van der Waals surface area contributed by atoms with E-state index in [1.807, 2.05) is 10.8 Å². The van der Waals surface area contributed by atoms with Gasteiger partial charge in [-0.2, -0.15) is 0 Å². The van der Waals surface area contributed by atoms with Crippen LogP contribution in [0.5, 0.6) is 0 Å². The number of likely N-dealkylation sites (tertiary alicyclic amines) is 1. The molecule has 25 heavy (non-hydrogen) atoms. The Hall–Kier alpha value is -3.03. The van der Waals surface area contributed by atoms with E-state index in [0.29, 0.717) is 24.0 Å². The minimum atomic E-state index is -0.290. The van der Waals surface area contributed by atoms with Crippen molar-refractivity contribution in [1.82, 2.24) is 29.4 Å². The number of carbonyl (C=O) groups is 1. The van der Waals surface area contributed by atoms with Crippen LogP contribution in [0.3, 0.4) is 0 Å². The van der Waals surface area contributed by atoms with Crippen molar-refractivity contribution in [2.45, 2.75) is 25.4 Å². The Kier molecular flexibility index (Phi) is 4.01. The molecule has 0 N–H and O–H groups in total. The number of fused-ring (bicyclic) bond motifs is 1. The zero-order chi connectivity index (χ0) is 17.2. The van der Waals surface area contributed by atoms with Gasteiger partial charge in [-0.25, -0.2) is 9.67 Å². The number of rotatable bonds is 3. The van der Waals surface area contributed by atoms with Crippen LogP contribution in [0.2, 0.25) is 0 Å². The number of hydrogen-bond acceptors (Lipinski definition) is 5. The Morgan fingerprint density at radius 2 is 2.16 bits per heavy atom. The zero-order valence-electron chi connectivity index (χ0n) is 13.7. The summed E-state index contributed by atoms with van der Waals surface area (Å²) in [5, 5.41) is 8.40. The van der Waals surface area contributed by atoms with E-state index < -0.39 is 0 Å². The van der Waals surface area contributed by atoms with Gasteiger partial charge in [0.25, 0.3) is 5.56 Å². The van der Waals surface area contributed by atoms with Gasteiger partial charge in [0.1, 0.15) is 12.1 Å². The fraction of sp³-hybridized carbons (Fsp3) is 0.353. The normalized spacial score (nSPS) is 17.8. The second kappa shape index (κ2) is 6.46. The number of hydrogen-bond donors (Lipinski definition) is 0. The van der Waals surface area contributed by atoms with Crippen LogP contribution in [-0.4, -0.2) is 48.4 Å². The van der Waals surface area contributed by atoms with E-state index in [2.05, 4.69) is 15.3 Å². The third-order valence-corrected chi connectivity index (χ3v) is 4.61. The molecule has 1 saturated heterocycles. The number of nitrogens with zero attached hydrogens (tertiary/aromatic N) is 6. The second-order valence-electron chi connectivity index (χ2n) is 6.22. The van der Waals surface area contributed by atoms with Crippen LogP contribution in [-0.2, 0) is 11.3 Å². The first kappa shape index (κ1) is 15.5. The molecule has 128 valence electrons. The summed E-state index contributed by atoms with van der Waals surface area (Å²) < 4.78 is 3.17. The van der Waals surface area contributed by atoms with Gasteiger partial charge in [0, 0.05) is 25.5 Å². The molecule has 4 rings (SSSR count). The van der Waals surface area contributed by atoms with Crippen molar-refractivity contribution in [2.24, 2.45) is 0 Å². The molecule has 0 spiro atoms. The molecule has 1 fully saturated rings. The molecule has 2 aromatic heterocycles. The van der Waals surface area contributed by atoms with E-state index in [1.54, 1.807) is 41.7 Å². The number of carbonyl (C=O) groups excluding carboxylic acids is 1. The first-order chi connectivity index (χ1) is 12.2. The van der Waals surface area contributed by atoms with Crippen molar-refractivity contribution in [2.75, 3.05) is 13.1 Å². The number of amides is 1. The molecular weight excluding hydrogens is 320 g/mol. The van der Waals surface area contributed by atoms with Crippen LogP contribution in [0.1, 0.15) is 18.9 Å². The molecule has 0 unspecified atom stereocenters. The summed E-state index contributed by atoms with van der Waals surface area (Å²) in [5.41, 5.74) is 0.247. The first-order valence-corrected chi connectivity index (χ1v) is 8.30. The van der Waals surface area contributed by atoms with E-state index >= 15 is 0 Å². The molecule has 1 amide bonds. The summed E-state index contributed by atoms with van der Waals surface area (Å²) in [6, 6.07) is 7.23. The highest BCUT2D eigenvalue weighted by Gasteiger charge is 2.25. The average molecular weight is 338 g/mol. The van der Waals surface area contributed by atoms with Crippen molar-refractivity contribution in [1.29, 1.82) is 0 Å². The van der Waals surface area contributed by atoms with Crippen molar-refractivity contribution in [3.63, 3.8) is 0 Å². The van der Waals surface area contributed by atoms with Crippen molar-refractivity contribution < 1.29 is 4.79 Å². The van der Waals surface area contributed by atoms with E-state index in [9.17, 15) is 9.59 Å². The van der Waals surface area contributed by atoms with Gasteiger partial charge < -0.3 is 9.47 Å². The Morgan fingerprint density at radius 3 is 3.00 bits per heavy atom. The minimum Gasteiger partial charge on any atom is -0.339 e. The number of benzene rings is 1. The molecule has 8 heteroatoms. The summed E-state index contributed by atoms with van der Waals surface area (Å²) in [7, 11) is 0. The van der Waals surface area contributed by atoms with Gasteiger partial charge in [0.05, 0.1) is 17.8 Å². The topological polar surface area (TPSA) is 85.9 Å². The van der Waals surface area contributed by atoms with E-state index in [0.717, 1.165) is 17.5 Å². The van der Waals surface area contributed by atoms with Gasteiger partial charge in [-0.05, 0) is 25.0 Å². The third-order valence-electron chi connectivity index (χ3n) is 4.61. The fourth-order valence-electron chi connectivity index (χ4n) is 3.27. The van der Waals surface area contributed by atoms with Crippen LogP contribution in [0.4, 0.5) is 0 Å². The molecule has 0 aliphatic carbocycles. The lowest BCUT2D eigenvalue weighted by Crippen LogP contribution is -2.43. The van der Waals surface area contributed by atoms with Crippen molar-refractivity contribution in [3.8, 4) is 0 Å². The largest absolute Gasteiger partial charge is 0.339 e. The Bertz CT molecular complexity index is 949. The van der Waals surface area contributed by atoms with Gasteiger partial charge in [0.15, 0.2) is 0 Å². The molecule has 3 heterocycles. The van der Waals surface area contributed by atoms with Crippen LogP contribution in [0, 0.1) is 0 Å². The molecule has 1 aliphatic heterocycles. The summed E-state index contributed by atoms with van der Waals surface area (Å²) in [6.45, 7) is 1.22. The standard InChI is InChI=1S/C17H18N6O2/c24-16(21-8-3-4-13(10-21)22-9-7-18-12-22)11-23-17(25)14-5-1-2-6-15(14)19-20-23/h1-2,5-7,9,12-13H,3-4,8,10-11H2/t13-/m0/s1.